The summed E-state index contributed by atoms with van der Waals surface area (Å²) in [6, 6.07) is 15.0. The van der Waals surface area contributed by atoms with Crippen LogP contribution in [0, 0.1) is 13.8 Å². The van der Waals surface area contributed by atoms with Crippen molar-refractivity contribution in [3.8, 4) is 0 Å². The van der Waals surface area contributed by atoms with Crippen molar-refractivity contribution in [2.45, 2.75) is 56.1 Å². The summed E-state index contributed by atoms with van der Waals surface area (Å²) in [6.45, 7) is 3.38. The lowest BCUT2D eigenvalue weighted by molar-refractivity contribution is -0.132. The Balaban J connectivity index is 1.74. The molecule has 0 aliphatic carbocycles. The van der Waals surface area contributed by atoms with E-state index in [9.17, 15) is 20.4 Å². The van der Waals surface area contributed by atoms with Crippen molar-refractivity contribution in [1.29, 1.82) is 0 Å². The van der Waals surface area contributed by atoms with Crippen LogP contribution < -0.4 is 0 Å². The molecular formula is C22H26O6. The number of benzene rings is 2. The van der Waals surface area contributed by atoms with Crippen LogP contribution in [0.15, 0.2) is 48.5 Å². The molecule has 2 aromatic carbocycles. The van der Waals surface area contributed by atoms with E-state index >= 15 is 0 Å². The Morgan fingerprint density at radius 3 is 2.00 bits per heavy atom. The molecule has 2 fully saturated rings. The van der Waals surface area contributed by atoms with Crippen LogP contribution in [-0.4, -0.2) is 57.0 Å². The van der Waals surface area contributed by atoms with Gasteiger partial charge >= 0.3 is 0 Å². The fraction of sp³-hybridized carbons (Fsp3) is 0.455. The fourth-order valence-corrected chi connectivity index (χ4v) is 4.23. The molecule has 28 heavy (non-hydrogen) atoms. The first kappa shape index (κ1) is 19.5. The molecule has 0 radical (unpaired) electrons. The minimum Gasteiger partial charge on any atom is -0.394 e. The molecule has 0 spiro atoms. The van der Waals surface area contributed by atoms with Gasteiger partial charge in [0, 0.05) is 0 Å². The smallest absolute Gasteiger partial charge is 0.152 e. The third-order valence-corrected chi connectivity index (χ3v) is 5.87. The molecule has 4 N–H and O–H groups in total. The highest BCUT2D eigenvalue weighted by molar-refractivity contribution is 5.33. The van der Waals surface area contributed by atoms with Gasteiger partial charge in [0.2, 0.25) is 0 Å². The quantitative estimate of drug-likeness (QED) is 0.633. The molecule has 150 valence electrons. The predicted molar refractivity (Wildman–Crippen MR) is 102 cm³/mol. The minimum atomic E-state index is -1.76. The summed E-state index contributed by atoms with van der Waals surface area (Å²) in [4.78, 5) is 0. The summed E-state index contributed by atoms with van der Waals surface area (Å²) < 4.78 is 12.0. The second kappa shape index (κ2) is 7.22. The fourth-order valence-electron chi connectivity index (χ4n) is 4.23. The zero-order valence-corrected chi connectivity index (χ0v) is 15.9. The number of aliphatic hydroxyl groups is 4. The van der Waals surface area contributed by atoms with Gasteiger partial charge in [-0.2, -0.15) is 0 Å². The van der Waals surface area contributed by atoms with Gasteiger partial charge in [-0.15, -0.1) is 0 Å². The molecule has 2 aromatic rings. The van der Waals surface area contributed by atoms with E-state index in [1.807, 2.05) is 62.4 Å². The van der Waals surface area contributed by atoms with E-state index in [2.05, 4.69) is 0 Å². The first-order valence-electron chi connectivity index (χ1n) is 9.49. The Kier molecular flexibility index (Phi) is 5.03. The molecule has 0 amide bonds. The van der Waals surface area contributed by atoms with Gasteiger partial charge < -0.3 is 29.9 Å². The van der Waals surface area contributed by atoms with Crippen molar-refractivity contribution in [3.63, 3.8) is 0 Å². The Hall–Kier alpha value is -1.80. The van der Waals surface area contributed by atoms with Crippen molar-refractivity contribution in [2.75, 3.05) is 6.61 Å². The lowest BCUT2D eigenvalue weighted by atomic mass is 9.81. The predicted octanol–water partition coefficient (Wildman–Crippen LogP) is 1.33. The molecule has 0 bridgehead atoms. The van der Waals surface area contributed by atoms with E-state index < -0.39 is 48.8 Å². The maximum absolute atomic E-state index is 11.6. The zero-order chi connectivity index (χ0) is 20.1. The third-order valence-electron chi connectivity index (χ3n) is 5.87. The Morgan fingerprint density at radius 2 is 1.46 bits per heavy atom. The first-order valence-corrected chi connectivity index (χ1v) is 9.49. The van der Waals surface area contributed by atoms with Gasteiger partial charge in [-0.1, -0.05) is 59.7 Å². The molecule has 4 rings (SSSR count). The summed E-state index contributed by atoms with van der Waals surface area (Å²) in [5.74, 6) is 0. The number of fused-ring (bicyclic) bond motifs is 1. The highest BCUT2D eigenvalue weighted by Crippen LogP contribution is 2.54. The molecular weight excluding hydrogens is 360 g/mol. The largest absolute Gasteiger partial charge is 0.394 e. The van der Waals surface area contributed by atoms with Crippen molar-refractivity contribution < 1.29 is 29.9 Å². The standard InChI is InChI=1S/C22H26O6/c1-12-3-7-14(8-4-12)17-19(25)22(26)20(15-9-5-13(2)6-10-15)28-18(16(24)11-23)21(22)27-17/h3-10,16-21,23-26H,11H2,1-2H3/t16-,17?,18-,19?,20?,21+,22-/m1/s1. The van der Waals surface area contributed by atoms with Crippen LogP contribution in [0.4, 0.5) is 0 Å². The molecule has 0 aromatic heterocycles. The van der Waals surface area contributed by atoms with E-state index in [1.54, 1.807) is 0 Å². The van der Waals surface area contributed by atoms with Gasteiger partial charge in [0.1, 0.15) is 36.6 Å². The van der Waals surface area contributed by atoms with E-state index in [4.69, 9.17) is 9.47 Å². The Morgan fingerprint density at radius 1 is 0.929 bits per heavy atom. The summed E-state index contributed by atoms with van der Waals surface area (Å²) in [5.41, 5.74) is 1.78. The van der Waals surface area contributed by atoms with Crippen molar-refractivity contribution in [2.24, 2.45) is 0 Å². The third kappa shape index (κ3) is 2.97. The van der Waals surface area contributed by atoms with Crippen LogP contribution in [0.2, 0.25) is 0 Å². The lowest BCUT2D eigenvalue weighted by Crippen LogP contribution is -2.51. The Labute approximate surface area is 164 Å². The number of ether oxygens (including phenoxy) is 2. The van der Waals surface area contributed by atoms with Gasteiger partial charge in [-0.05, 0) is 25.0 Å². The SMILES string of the molecule is Cc1ccc(C2O[C@H]3[C@@H]([C@H](O)CO)OC(c4ccc(C)cc4)[C@]3(O)C2O)cc1. The lowest BCUT2D eigenvalue weighted by Gasteiger charge is -2.31. The highest BCUT2D eigenvalue weighted by Gasteiger charge is 2.68. The van der Waals surface area contributed by atoms with E-state index in [-0.39, 0.29) is 0 Å². The number of aryl methyl sites for hydroxylation is 2. The second-order valence-electron chi connectivity index (χ2n) is 7.86. The summed E-state index contributed by atoms with van der Waals surface area (Å²) in [7, 11) is 0. The van der Waals surface area contributed by atoms with Crippen LogP contribution in [0.3, 0.4) is 0 Å². The van der Waals surface area contributed by atoms with Crippen LogP contribution in [-0.2, 0) is 9.47 Å². The highest BCUT2D eigenvalue weighted by atomic mass is 16.6. The van der Waals surface area contributed by atoms with Crippen molar-refractivity contribution in [1.82, 2.24) is 0 Å². The van der Waals surface area contributed by atoms with Crippen LogP contribution in [0.1, 0.15) is 34.5 Å². The van der Waals surface area contributed by atoms with Crippen LogP contribution >= 0.6 is 0 Å². The summed E-state index contributed by atoms with van der Waals surface area (Å²) >= 11 is 0. The molecule has 3 unspecified atom stereocenters. The average Bonchev–Trinajstić information content (AvgIpc) is 3.13. The molecule has 6 nitrogen and oxygen atoms in total. The first-order chi connectivity index (χ1) is 13.4. The molecule has 6 heteroatoms. The summed E-state index contributed by atoms with van der Waals surface area (Å²) in [6.07, 6.45) is -6.11. The maximum atomic E-state index is 11.6. The number of hydrogen-bond donors (Lipinski definition) is 4. The molecule has 7 atom stereocenters. The van der Waals surface area contributed by atoms with Crippen molar-refractivity contribution in [3.05, 3.63) is 70.8 Å². The normalized spacial score (nSPS) is 35.7. The zero-order valence-electron chi connectivity index (χ0n) is 15.9. The van der Waals surface area contributed by atoms with Gasteiger partial charge in [0.05, 0.1) is 6.61 Å². The number of hydrogen-bond acceptors (Lipinski definition) is 6. The van der Waals surface area contributed by atoms with Gasteiger partial charge in [-0.3, -0.25) is 0 Å². The Bertz CT molecular complexity index is 820. The van der Waals surface area contributed by atoms with Gasteiger partial charge in [0.25, 0.3) is 0 Å². The molecule has 2 saturated heterocycles. The van der Waals surface area contributed by atoms with E-state index in [1.165, 1.54) is 0 Å². The maximum Gasteiger partial charge on any atom is 0.152 e. The monoisotopic (exact) mass is 386 g/mol. The second-order valence-corrected chi connectivity index (χ2v) is 7.86. The van der Waals surface area contributed by atoms with Gasteiger partial charge in [0.15, 0.2) is 5.60 Å². The summed E-state index contributed by atoms with van der Waals surface area (Å²) in [5, 5.41) is 42.4. The molecule has 2 heterocycles. The van der Waals surface area contributed by atoms with Crippen molar-refractivity contribution >= 4 is 0 Å². The molecule has 2 aliphatic heterocycles. The van der Waals surface area contributed by atoms with Crippen LogP contribution in [0.25, 0.3) is 0 Å². The topological polar surface area (TPSA) is 99.4 Å². The number of rotatable bonds is 4. The van der Waals surface area contributed by atoms with Gasteiger partial charge in [-0.25, -0.2) is 0 Å². The van der Waals surface area contributed by atoms with E-state index in [0.29, 0.717) is 5.56 Å². The number of aliphatic hydroxyl groups excluding tert-OH is 3. The van der Waals surface area contributed by atoms with Crippen LogP contribution in [0.5, 0.6) is 0 Å². The minimum absolute atomic E-state index is 0.535. The molecule has 0 saturated carbocycles. The molecule has 2 aliphatic rings. The van der Waals surface area contributed by atoms with E-state index in [0.717, 1.165) is 16.7 Å². The average molecular weight is 386 g/mol.